The number of likely N-dealkylation sites (tertiary alicyclic amines) is 1. The topological polar surface area (TPSA) is 121 Å². The highest BCUT2D eigenvalue weighted by Gasteiger charge is 2.35. The second kappa shape index (κ2) is 14.6. The normalized spacial score (nSPS) is 19.3. The molecule has 0 saturated carbocycles. The van der Waals surface area contributed by atoms with E-state index in [1.165, 1.54) is 31.5 Å². The van der Waals surface area contributed by atoms with Gasteiger partial charge in [0.25, 0.3) is 0 Å². The van der Waals surface area contributed by atoms with Gasteiger partial charge in [-0.25, -0.2) is 14.8 Å². The van der Waals surface area contributed by atoms with Crippen LogP contribution in [0.15, 0.2) is 65.9 Å². The number of hydrogen-bond donors (Lipinski definition) is 3. The summed E-state index contributed by atoms with van der Waals surface area (Å²) in [6.07, 6.45) is 6.27. The van der Waals surface area contributed by atoms with Gasteiger partial charge >= 0.3 is 6.03 Å². The number of benzene rings is 1. The molecule has 2 aliphatic rings. The van der Waals surface area contributed by atoms with Gasteiger partial charge in [-0.2, -0.15) is 0 Å². The Kier molecular flexibility index (Phi) is 10.9. The molecule has 0 radical (unpaired) electrons. The number of anilines is 4. The number of hydrogen-bond acceptors (Lipinski definition) is 8. The highest BCUT2D eigenvalue weighted by Crippen LogP contribution is 2.35. The summed E-state index contributed by atoms with van der Waals surface area (Å²) >= 11 is 13.0. The minimum Gasteiger partial charge on any atom is -0.499 e. The molecule has 2 unspecified atom stereocenters. The van der Waals surface area contributed by atoms with Crippen LogP contribution < -0.4 is 20.9 Å². The zero-order chi connectivity index (χ0) is 31.1. The van der Waals surface area contributed by atoms with Gasteiger partial charge in [0, 0.05) is 19.2 Å². The number of piperidine rings is 1. The molecule has 0 spiro atoms. The Hall–Kier alpha value is -3.80. The summed E-state index contributed by atoms with van der Waals surface area (Å²) in [6, 6.07) is 6.30. The third-order valence-electron chi connectivity index (χ3n) is 7.64. The van der Waals surface area contributed by atoms with Crippen molar-refractivity contribution >= 4 is 58.2 Å². The van der Waals surface area contributed by atoms with Gasteiger partial charge in [0.15, 0.2) is 0 Å². The van der Waals surface area contributed by atoms with Gasteiger partial charge in [-0.1, -0.05) is 31.2 Å². The summed E-state index contributed by atoms with van der Waals surface area (Å²) in [5.74, 6) is 1.55. The Bertz CT molecular complexity index is 1410. The number of nitrogens with one attached hydrogen (secondary N) is 3. The smallest absolute Gasteiger partial charge is 0.323 e. The van der Waals surface area contributed by atoms with Crippen molar-refractivity contribution in [1.29, 1.82) is 0 Å². The van der Waals surface area contributed by atoms with Crippen molar-refractivity contribution in [2.45, 2.75) is 37.1 Å². The Morgan fingerprint density at radius 2 is 1.91 bits per heavy atom. The Morgan fingerprint density at radius 3 is 2.56 bits per heavy atom. The van der Waals surface area contributed by atoms with E-state index in [2.05, 4.69) is 50.4 Å². The van der Waals surface area contributed by atoms with Crippen molar-refractivity contribution in [1.82, 2.24) is 20.2 Å². The number of urea groups is 1. The monoisotopic (exact) mass is 629 g/mol. The van der Waals surface area contributed by atoms with Gasteiger partial charge in [0.1, 0.15) is 34.9 Å². The van der Waals surface area contributed by atoms with Crippen LogP contribution in [-0.4, -0.2) is 79.1 Å². The molecule has 11 nitrogen and oxygen atoms in total. The molecular weight excluding hydrogens is 593 g/mol. The minimum atomic E-state index is -0.795. The first kappa shape index (κ1) is 32.1. The van der Waals surface area contributed by atoms with E-state index in [9.17, 15) is 9.59 Å². The highest BCUT2D eigenvalue weighted by atomic mass is 35.5. The largest absolute Gasteiger partial charge is 0.499 e. The van der Waals surface area contributed by atoms with Gasteiger partial charge in [-0.05, 0) is 62.2 Å². The number of amides is 3. The molecule has 1 aliphatic carbocycles. The third kappa shape index (κ3) is 7.59. The number of carbonyl (C=O) groups is 2. The van der Waals surface area contributed by atoms with Crippen molar-refractivity contribution in [3.8, 4) is 0 Å². The SMILES string of the molecule is C=CC(=O)Nc1cc(C2CCN(CC)CC2)ccc1Nc1cc(N(C)C(=O)NC2C(Cl)=C(OC)C=C(OC)C2Cl)ncn1. The molecule has 43 heavy (non-hydrogen) atoms. The van der Waals surface area contributed by atoms with Crippen LogP contribution in [0.25, 0.3) is 0 Å². The molecule has 3 amide bonds. The lowest BCUT2D eigenvalue weighted by Gasteiger charge is -2.31. The second-order valence-corrected chi connectivity index (χ2v) is 11.0. The zero-order valence-electron chi connectivity index (χ0n) is 24.7. The molecule has 4 rings (SSSR count). The zero-order valence-corrected chi connectivity index (χ0v) is 26.2. The van der Waals surface area contributed by atoms with Crippen molar-refractivity contribution in [2.75, 3.05) is 56.4 Å². The van der Waals surface area contributed by atoms with Gasteiger partial charge in [-0.15, -0.1) is 11.6 Å². The number of methoxy groups -OCH3 is 2. The number of halogens is 2. The molecule has 0 bridgehead atoms. The molecule has 2 heterocycles. The molecule has 13 heteroatoms. The van der Waals surface area contributed by atoms with Crippen LogP contribution in [-0.2, 0) is 14.3 Å². The summed E-state index contributed by atoms with van der Waals surface area (Å²) in [5, 5.41) is 8.46. The van der Waals surface area contributed by atoms with Crippen molar-refractivity contribution in [3.05, 3.63) is 71.4 Å². The van der Waals surface area contributed by atoms with E-state index >= 15 is 0 Å². The summed E-state index contributed by atoms with van der Waals surface area (Å²) in [4.78, 5) is 37.8. The lowest BCUT2D eigenvalue weighted by Crippen LogP contribution is -2.49. The second-order valence-electron chi connectivity index (χ2n) is 10.1. The first-order valence-corrected chi connectivity index (χ1v) is 14.8. The maximum atomic E-state index is 13.2. The van der Waals surface area contributed by atoms with Crippen LogP contribution in [0.5, 0.6) is 0 Å². The van der Waals surface area contributed by atoms with Crippen LogP contribution in [0.1, 0.15) is 31.2 Å². The standard InChI is InChI=1S/C30H37Cl2N7O4/c1-6-26(40)36-21-14-19(18-10-12-39(7-2)13-11-18)8-9-20(21)35-24-16-25(34-17-33-24)38(3)30(41)37-29-27(31)22(42-4)15-23(43-5)28(29)32/h6,8-9,14-18,27,29H,1,7,10-13H2,2-5H3,(H,36,40)(H,37,41)(H,33,34,35). The van der Waals surface area contributed by atoms with Crippen molar-refractivity contribution < 1.29 is 19.1 Å². The van der Waals surface area contributed by atoms with E-state index in [0.717, 1.165) is 38.0 Å². The first-order valence-electron chi connectivity index (χ1n) is 13.9. The lowest BCUT2D eigenvalue weighted by atomic mass is 9.89. The predicted molar refractivity (Wildman–Crippen MR) is 170 cm³/mol. The Labute approximate surface area is 261 Å². The fourth-order valence-electron chi connectivity index (χ4n) is 5.05. The van der Waals surface area contributed by atoms with E-state index in [0.29, 0.717) is 40.4 Å². The Morgan fingerprint density at radius 1 is 1.16 bits per heavy atom. The summed E-state index contributed by atoms with van der Waals surface area (Å²) in [5.41, 5.74) is 2.41. The van der Waals surface area contributed by atoms with Crippen LogP contribution in [0.3, 0.4) is 0 Å². The third-order valence-corrected chi connectivity index (χ3v) is 8.53. The van der Waals surface area contributed by atoms with E-state index in [-0.39, 0.29) is 10.9 Å². The van der Waals surface area contributed by atoms with E-state index in [4.69, 9.17) is 32.7 Å². The first-order chi connectivity index (χ1) is 20.7. The number of rotatable bonds is 10. The molecule has 3 N–H and O–H groups in total. The maximum Gasteiger partial charge on any atom is 0.323 e. The minimum absolute atomic E-state index is 0.239. The maximum absolute atomic E-state index is 13.2. The molecule has 230 valence electrons. The predicted octanol–water partition coefficient (Wildman–Crippen LogP) is 5.31. The quantitative estimate of drug-likeness (QED) is 0.239. The molecule has 1 fully saturated rings. The number of alkyl halides is 1. The summed E-state index contributed by atoms with van der Waals surface area (Å²) in [6.45, 7) is 8.90. The van der Waals surface area contributed by atoms with Crippen LogP contribution in [0.4, 0.5) is 27.8 Å². The van der Waals surface area contributed by atoms with Crippen molar-refractivity contribution in [2.24, 2.45) is 0 Å². The van der Waals surface area contributed by atoms with Gasteiger partial charge in [-0.3, -0.25) is 9.69 Å². The van der Waals surface area contributed by atoms with Crippen LogP contribution in [0, 0.1) is 0 Å². The van der Waals surface area contributed by atoms with E-state index in [1.54, 1.807) is 19.2 Å². The lowest BCUT2D eigenvalue weighted by molar-refractivity contribution is -0.111. The molecule has 2 atom stereocenters. The molecule has 1 saturated heterocycles. The number of allylic oxidation sites excluding steroid dienone is 1. The molecule has 1 aromatic carbocycles. The number of ether oxygens (including phenoxy) is 2. The molecule has 2 aromatic rings. The molecule has 1 aliphatic heterocycles. The number of aromatic nitrogens is 2. The van der Waals surface area contributed by atoms with Gasteiger partial charge in [0.2, 0.25) is 5.91 Å². The Balaban J connectivity index is 1.52. The van der Waals surface area contributed by atoms with Gasteiger partial charge in [0.05, 0.1) is 36.7 Å². The summed E-state index contributed by atoms with van der Waals surface area (Å²) in [7, 11) is 4.50. The van der Waals surface area contributed by atoms with Crippen LogP contribution in [0.2, 0.25) is 0 Å². The number of nitrogens with zero attached hydrogens (tertiary/aromatic N) is 4. The fraction of sp³-hybridized carbons (Fsp3) is 0.400. The average molecular weight is 631 g/mol. The van der Waals surface area contributed by atoms with Crippen LogP contribution >= 0.6 is 23.2 Å². The fourth-order valence-corrected chi connectivity index (χ4v) is 5.77. The molecule has 1 aromatic heterocycles. The van der Waals surface area contributed by atoms with Crippen molar-refractivity contribution in [3.63, 3.8) is 0 Å². The number of carbonyl (C=O) groups excluding carboxylic acids is 2. The summed E-state index contributed by atoms with van der Waals surface area (Å²) < 4.78 is 10.6. The van der Waals surface area contributed by atoms with E-state index < -0.39 is 17.5 Å². The van der Waals surface area contributed by atoms with E-state index in [1.807, 2.05) is 12.1 Å². The van der Waals surface area contributed by atoms with Gasteiger partial charge < -0.3 is 30.3 Å². The molecular formula is C30H37Cl2N7O4. The average Bonchev–Trinajstić information content (AvgIpc) is 3.03. The highest BCUT2D eigenvalue weighted by molar-refractivity contribution is 6.33.